The Kier molecular flexibility index (Phi) is 9.55. The van der Waals surface area contributed by atoms with Gasteiger partial charge in [-0.2, -0.15) is 16.5 Å². The van der Waals surface area contributed by atoms with Gasteiger partial charge in [0.25, 0.3) is 5.91 Å². The fourth-order valence-corrected chi connectivity index (χ4v) is 4.95. The molecule has 2 amide bonds. The Morgan fingerprint density at radius 2 is 1.75 bits per heavy atom. The van der Waals surface area contributed by atoms with Crippen molar-refractivity contribution in [3.8, 4) is 5.75 Å². The fraction of sp³-hybridized carbons (Fsp3) is 0.364. The molecule has 3 N–H and O–H groups in total. The Labute approximate surface area is 193 Å². The van der Waals surface area contributed by atoms with Crippen LogP contribution in [0.1, 0.15) is 23.1 Å². The number of benzene rings is 2. The topological polar surface area (TPSA) is 114 Å². The first-order valence-corrected chi connectivity index (χ1v) is 12.8. The molecule has 2 aromatic rings. The van der Waals surface area contributed by atoms with Gasteiger partial charge >= 0.3 is 0 Å². The zero-order chi connectivity index (χ0) is 23.7. The van der Waals surface area contributed by atoms with E-state index in [2.05, 4.69) is 15.6 Å². The lowest BCUT2D eigenvalue weighted by Gasteiger charge is -2.19. The van der Waals surface area contributed by atoms with Gasteiger partial charge in [0.05, 0.1) is 18.4 Å². The average molecular weight is 480 g/mol. The molecule has 0 saturated carbocycles. The SMILES string of the molecule is COc1ccc(CC(=O)NNC(=O)C(CCSC)NS(=O)(=O)c2cc(C)ccc2C)cc1. The standard InChI is InChI=1S/C22H29N3O5S2/c1-15-5-6-16(2)20(13-15)32(28,29)25-19(11-12-31-4)22(27)24-23-21(26)14-17-7-9-18(30-3)10-8-17/h5-10,13,19,25H,11-12,14H2,1-4H3,(H,23,26)(H,24,27). The molecule has 0 aliphatic carbocycles. The fourth-order valence-electron chi connectivity index (χ4n) is 2.92. The predicted octanol–water partition coefficient (Wildman–Crippen LogP) is 2.10. The van der Waals surface area contributed by atoms with E-state index in [9.17, 15) is 18.0 Å². The number of hydrogen-bond donors (Lipinski definition) is 3. The monoisotopic (exact) mass is 479 g/mol. The highest BCUT2D eigenvalue weighted by Gasteiger charge is 2.27. The van der Waals surface area contributed by atoms with Gasteiger partial charge in [-0.25, -0.2) is 8.42 Å². The minimum Gasteiger partial charge on any atom is -0.497 e. The summed E-state index contributed by atoms with van der Waals surface area (Å²) in [5.74, 6) is 0.184. The van der Waals surface area contributed by atoms with E-state index in [4.69, 9.17) is 4.74 Å². The third-order valence-electron chi connectivity index (χ3n) is 4.71. The van der Waals surface area contributed by atoms with Crippen LogP contribution in [0.15, 0.2) is 47.4 Å². The number of amides is 2. The molecule has 0 radical (unpaired) electrons. The molecule has 0 fully saturated rings. The van der Waals surface area contributed by atoms with Gasteiger partial charge in [0.1, 0.15) is 11.8 Å². The zero-order valence-corrected chi connectivity index (χ0v) is 20.2. The van der Waals surface area contributed by atoms with E-state index < -0.39 is 27.9 Å². The van der Waals surface area contributed by atoms with Gasteiger partial charge in [0, 0.05) is 0 Å². The van der Waals surface area contributed by atoms with Crippen LogP contribution >= 0.6 is 11.8 Å². The maximum Gasteiger partial charge on any atom is 0.256 e. The van der Waals surface area contributed by atoms with Crippen molar-refractivity contribution in [1.29, 1.82) is 0 Å². The number of hydrazine groups is 1. The average Bonchev–Trinajstić information content (AvgIpc) is 2.77. The van der Waals surface area contributed by atoms with Gasteiger partial charge in [-0.15, -0.1) is 0 Å². The van der Waals surface area contributed by atoms with Crippen LogP contribution in [0.2, 0.25) is 0 Å². The van der Waals surface area contributed by atoms with E-state index >= 15 is 0 Å². The summed E-state index contributed by atoms with van der Waals surface area (Å²) in [5, 5.41) is 0. The molecular weight excluding hydrogens is 450 g/mol. The molecule has 0 aliphatic heterocycles. The first-order chi connectivity index (χ1) is 15.2. The van der Waals surface area contributed by atoms with Crippen LogP contribution in [0, 0.1) is 13.8 Å². The van der Waals surface area contributed by atoms with Gasteiger partial charge < -0.3 is 4.74 Å². The van der Waals surface area contributed by atoms with Crippen molar-refractivity contribution in [2.24, 2.45) is 0 Å². The second-order valence-corrected chi connectivity index (χ2v) is 9.95. The summed E-state index contributed by atoms with van der Waals surface area (Å²) in [6.45, 7) is 3.50. The minimum atomic E-state index is -3.93. The summed E-state index contributed by atoms with van der Waals surface area (Å²) in [4.78, 5) is 25.0. The molecular formula is C22H29N3O5S2. The van der Waals surface area contributed by atoms with Crippen molar-refractivity contribution < 1.29 is 22.7 Å². The first-order valence-electron chi connectivity index (χ1n) is 9.96. The van der Waals surface area contributed by atoms with Crippen LogP contribution in [0.5, 0.6) is 5.75 Å². The van der Waals surface area contributed by atoms with Crippen molar-refractivity contribution in [1.82, 2.24) is 15.6 Å². The summed E-state index contributed by atoms with van der Waals surface area (Å²) in [5.41, 5.74) is 6.81. The predicted molar refractivity (Wildman–Crippen MR) is 126 cm³/mol. The Hall–Kier alpha value is -2.56. The number of sulfonamides is 1. The molecule has 0 spiro atoms. The van der Waals surface area contributed by atoms with Crippen molar-refractivity contribution in [2.45, 2.75) is 37.6 Å². The van der Waals surface area contributed by atoms with Crippen molar-refractivity contribution in [2.75, 3.05) is 19.1 Å². The van der Waals surface area contributed by atoms with Gasteiger partial charge in [-0.3, -0.25) is 20.4 Å². The summed E-state index contributed by atoms with van der Waals surface area (Å²) in [6, 6.07) is 11.1. The third-order valence-corrected chi connectivity index (χ3v) is 6.96. The van der Waals surface area contributed by atoms with Crippen molar-refractivity contribution in [3.05, 3.63) is 59.2 Å². The highest BCUT2D eigenvalue weighted by atomic mass is 32.2. The molecule has 8 nitrogen and oxygen atoms in total. The Bertz CT molecular complexity index is 1040. The molecule has 0 bridgehead atoms. The van der Waals surface area contributed by atoms with E-state index in [0.29, 0.717) is 17.1 Å². The summed E-state index contributed by atoms with van der Waals surface area (Å²) in [6.07, 6.45) is 2.18. The highest BCUT2D eigenvalue weighted by Crippen LogP contribution is 2.18. The number of carbonyl (C=O) groups excluding carboxylic acids is 2. The number of carbonyl (C=O) groups is 2. The van der Waals surface area contributed by atoms with Crippen LogP contribution in [-0.2, 0) is 26.0 Å². The number of methoxy groups -OCH3 is 1. The van der Waals surface area contributed by atoms with Crippen molar-refractivity contribution in [3.63, 3.8) is 0 Å². The summed E-state index contributed by atoms with van der Waals surface area (Å²) in [7, 11) is -2.37. The molecule has 2 aromatic carbocycles. The van der Waals surface area contributed by atoms with Crippen molar-refractivity contribution >= 4 is 33.6 Å². The maximum atomic E-state index is 12.9. The highest BCUT2D eigenvalue weighted by molar-refractivity contribution is 7.98. The molecule has 0 saturated heterocycles. The molecule has 1 atom stereocenters. The second-order valence-electron chi connectivity index (χ2n) is 7.29. The van der Waals surface area contributed by atoms with Gasteiger partial charge in [-0.05, 0) is 67.2 Å². The summed E-state index contributed by atoms with van der Waals surface area (Å²) >= 11 is 1.49. The molecule has 174 valence electrons. The number of rotatable bonds is 10. The molecule has 32 heavy (non-hydrogen) atoms. The lowest BCUT2D eigenvalue weighted by Crippen LogP contribution is -2.52. The van der Waals surface area contributed by atoms with Crippen LogP contribution in [0.25, 0.3) is 0 Å². The van der Waals surface area contributed by atoms with Crippen LogP contribution in [0.4, 0.5) is 0 Å². The molecule has 0 heterocycles. The van der Waals surface area contributed by atoms with E-state index in [1.54, 1.807) is 57.4 Å². The second kappa shape index (κ2) is 11.9. The molecule has 0 aromatic heterocycles. The zero-order valence-electron chi connectivity index (χ0n) is 18.6. The molecule has 2 rings (SSSR count). The van der Waals surface area contributed by atoms with Gasteiger partial charge in [0.2, 0.25) is 15.9 Å². The van der Waals surface area contributed by atoms with E-state index in [-0.39, 0.29) is 17.7 Å². The molecule has 10 heteroatoms. The van der Waals surface area contributed by atoms with E-state index in [1.165, 1.54) is 11.8 Å². The molecule has 0 aliphatic rings. The maximum absolute atomic E-state index is 12.9. The number of thioether (sulfide) groups is 1. The largest absolute Gasteiger partial charge is 0.497 e. The minimum absolute atomic E-state index is 0.0496. The Morgan fingerprint density at radius 3 is 2.38 bits per heavy atom. The first kappa shape index (κ1) is 25.7. The van der Waals surface area contributed by atoms with E-state index in [0.717, 1.165) is 11.1 Å². The number of hydrogen-bond acceptors (Lipinski definition) is 6. The third kappa shape index (κ3) is 7.54. The number of nitrogens with one attached hydrogen (secondary N) is 3. The number of aryl methyl sites for hydroxylation is 2. The Balaban J connectivity index is 2.03. The van der Waals surface area contributed by atoms with Gasteiger partial charge in [0.15, 0.2) is 0 Å². The Morgan fingerprint density at radius 1 is 1.06 bits per heavy atom. The van der Waals surface area contributed by atoms with Gasteiger partial charge in [-0.1, -0.05) is 24.3 Å². The van der Waals surface area contributed by atoms with Crippen LogP contribution < -0.4 is 20.3 Å². The normalized spacial score (nSPS) is 12.1. The lowest BCUT2D eigenvalue weighted by atomic mass is 10.1. The van der Waals surface area contributed by atoms with E-state index in [1.807, 2.05) is 12.3 Å². The quantitative estimate of drug-likeness (QED) is 0.450. The summed E-state index contributed by atoms with van der Waals surface area (Å²) < 4.78 is 33.4. The van der Waals surface area contributed by atoms with Crippen LogP contribution in [0.3, 0.4) is 0 Å². The lowest BCUT2D eigenvalue weighted by molar-refractivity contribution is -0.129. The number of ether oxygens (including phenoxy) is 1. The smallest absolute Gasteiger partial charge is 0.256 e. The van der Waals surface area contributed by atoms with Crippen LogP contribution in [-0.4, -0.2) is 45.4 Å². The molecule has 1 unspecified atom stereocenters.